The number of anilines is 1. The maximum Gasteiger partial charge on any atom is 0.303 e. The molecule has 1 aromatic rings. The van der Waals surface area contributed by atoms with Gasteiger partial charge >= 0.3 is 5.97 Å². The number of aliphatic carboxylic acids is 1. The summed E-state index contributed by atoms with van der Waals surface area (Å²) in [5.41, 5.74) is 1.29. The zero-order valence-corrected chi connectivity index (χ0v) is 10.3. The second-order valence-electron chi connectivity index (χ2n) is 4.17. The van der Waals surface area contributed by atoms with Gasteiger partial charge in [-0.15, -0.1) is 0 Å². The molecule has 0 saturated heterocycles. The van der Waals surface area contributed by atoms with Crippen molar-refractivity contribution in [2.24, 2.45) is 0 Å². The Morgan fingerprint density at radius 3 is 2.50 bits per heavy atom. The van der Waals surface area contributed by atoms with E-state index in [0.29, 0.717) is 18.5 Å². The summed E-state index contributed by atoms with van der Waals surface area (Å²) in [6.07, 6.45) is 1.32. The number of carbonyl (C=O) groups is 2. The first kappa shape index (κ1) is 14.0. The smallest absolute Gasteiger partial charge is 0.303 e. The van der Waals surface area contributed by atoms with Crippen molar-refractivity contribution >= 4 is 17.6 Å². The highest BCUT2D eigenvalue weighted by Crippen LogP contribution is 2.24. The van der Waals surface area contributed by atoms with Crippen LogP contribution >= 0.6 is 0 Å². The number of benzene rings is 1. The third-order valence-corrected chi connectivity index (χ3v) is 2.47. The van der Waals surface area contributed by atoms with E-state index in [0.717, 1.165) is 5.56 Å². The average molecular weight is 251 g/mol. The molecule has 0 aliphatic rings. The lowest BCUT2D eigenvalue weighted by atomic mass is 10.1. The van der Waals surface area contributed by atoms with E-state index in [4.69, 9.17) is 5.11 Å². The maximum atomic E-state index is 11.5. The topological polar surface area (TPSA) is 86.6 Å². The van der Waals surface area contributed by atoms with Crippen LogP contribution < -0.4 is 5.32 Å². The van der Waals surface area contributed by atoms with Crippen LogP contribution in [-0.4, -0.2) is 22.1 Å². The Balaban J connectivity index is 2.38. The molecule has 0 aliphatic carbocycles. The van der Waals surface area contributed by atoms with E-state index in [-0.39, 0.29) is 24.5 Å². The van der Waals surface area contributed by atoms with Gasteiger partial charge in [-0.2, -0.15) is 0 Å². The number of aromatic hydroxyl groups is 1. The lowest BCUT2D eigenvalue weighted by molar-refractivity contribution is -0.137. The molecular weight excluding hydrogens is 234 g/mol. The Hall–Kier alpha value is -2.04. The fourth-order valence-electron chi connectivity index (χ4n) is 1.52. The van der Waals surface area contributed by atoms with Gasteiger partial charge in [-0.3, -0.25) is 9.59 Å². The summed E-state index contributed by atoms with van der Waals surface area (Å²) in [5, 5.41) is 20.6. The van der Waals surface area contributed by atoms with Gasteiger partial charge in [0.05, 0.1) is 5.69 Å². The monoisotopic (exact) mass is 251 g/mol. The molecule has 1 amide bonds. The molecule has 1 rings (SSSR count). The van der Waals surface area contributed by atoms with Crippen molar-refractivity contribution in [3.63, 3.8) is 0 Å². The van der Waals surface area contributed by atoms with Crippen LogP contribution in [-0.2, 0) is 9.59 Å². The Morgan fingerprint density at radius 1 is 1.22 bits per heavy atom. The van der Waals surface area contributed by atoms with Crippen LogP contribution in [0.5, 0.6) is 5.75 Å². The predicted octanol–water partition coefficient (Wildman–Crippen LogP) is 2.28. The van der Waals surface area contributed by atoms with Crippen molar-refractivity contribution in [2.45, 2.75) is 32.6 Å². The van der Waals surface area contributed by atoms with Crippen LogP contribution in [0.15, 0.2) is 18.2 Å². The number of phenols is 1. The SMILES string of the molecule is Cc1ccc(NC(=O)CCCCC(=O)O)c(O)c1. The first-order chi connectivity index (χ1) is 8.49. The maximum absolute atomic E-state index is 11.5. The van der Waals surface area contributed by atoms with Crippen LogP contribution in [0.2, 0.25) is 0 Å². The van der Waals surface area contributed by atoms with Crippen LogP contribution in [0.25, 0.3) is 0 Å². The number of hydrogen-bond donors (Lipinski definition) is 3. The molecule has 5 nitrogen and oxygen atoms in total. The number of hydrogen-bond acceptors (Lipinski definition) is 3. The fourth-order valence-corrected chi connectivity index (χ4v) is 1.52. The summed E-state index contributed by atoms with van der Waals surface area (Å²) in [6, 6.07) is 5.00. The summed E-state index contributed by atoms with van der Waals surface area (Å²) < 4.78 is 0. The van der Waals surface area contributed by atoms with E-state index in [2.05, 4.69) is 5.32 Å². The molecule has 0 bridgehead atoms. The molecule has 0 saturated carbocycles. The second kappa shape index (κ2) is 6.64. The summed E-state index contributed by atoms with van der Waals surface area (Å²) >= 11 is 0. The third kappa shape index (κ3) is 4.86. The molecule has 0 heterocycles. The molecule has 0 radical (unpaired) electrons. The number of carbonyl (C=O) groups excluding carboxylic acids is 1. The zero-order chi connectivity index (χ0) is 13.5. The standard InChI is InChI=1S/C13H17NO4/c1-9-6-7-10(11(15)8-9)14-12(16)4-2-3-5-13(17)18/h6-8,15H,2-5H2,1H3,(H,14,16)(H,17,18). The number of unbranched alkanes of at least 4 members (excludes halogenated alkanes) is 1. The minimum atomic E-state index is -0.855. The van der Waals surface area contributed by atoms with Crippen LogP contribution in [0.1, 0.15) is 31.2 Å². The van der Waals surface area contributed by atoms with E-state index in [1.807, 2.05) is 6.92 Å². The lowest BCUT2D eigenvalue weighted by Gasteiger charge is -2.07. The molecule has 3 N–H and O–H groups in total. The molecular formula is C13H17NO4. The average Bonchev–Trinajstić information content (AvgIpc) is 2.28. The Morgan fingerprint density at radius 2 is 1.89 bits per heavy atom. The lowest BCUT2D eigenvalue weighted by Crippen LogP contribution is -2.11. The van der Waals surface area contributed by atoms with Crippen LogP contribution in [0, 0.1) is 6.92 Å². The summed E-state index contributed by atoms with van der Waals surface area (Å²) in [4.78, 5) is 21.8. The van der Waals surface area contributed by atoms with Crippen molar-refractivity contribution in [3.05, 3.63) is 23.8 Å². The molecule has 18 heavy (non-hydrogen) atoms. The first-order valence-corrected chi connectivity index (χ1v) is 5.80. The molecule has 1 aromatic carbocycles. The second-order valence-corrected chi connectivity index (χ2v) is 4.17. The molecule has 0 spiro atoms. The number of aryl methyl sites for hydroxylation is 1. The molecule has 0 atom stereocenters. The number of nitrogens with one attached hydrogen (secondary N) is 1. The van der Waals surface area contributed by atoms with E-state index < -0.39 is 5.97 Å². The van der Waals surface area contributed by atoms with Crippen molar-refractivity contribution in [1.29, 1.82) is 0 Å². The normalized spacial score (nSPS) is 10.1. The summed E-state index contributed by atoms with van der Waals surface area (Å²) in [6.45, 7) is 1.84. The molecule has 5 heteroatoms. The van der Waals surface area contributed by atoms with Gasteiger partial charge < -0.3 is 15.5 Å². The molecule has 0 unspecified atom stereocenters. The van der Waals surface area contributed by atoms with E-state index >= 15 is 0 Å². The van der Waals surface area contributed by atoms with Crippen molar-refractivity contribution in [2.75, 3.05) is 5.32 Å². The number of amides is 1. The van der Waals surface area contributed by atoms with Gasteiger partial charge in [0, 0.05) is 12.8 Å². The van der Waals surface area contributed by atoms with E-state index in [1.165, 1.54) is 0 Å². The minimum absolute atomic E-state index is 0.0360. The highest BCUT2D eigenvalue weighted by atomic mass is 16.4. The zero-order valence-electron chi connectivity index (χ0n) is 10.3. The Bertz CT molecular complexity index is 443. The quantitative estimate of drug-likeness (QED) is 0.534. The molecule has 0 fully saturated rings. The molecule has 0 aliphatic heterocycles. The summed E-state index contributed by atoms with van der Waals surface area (Å²) in [7, 11) is 0. The molecule has 0 aromatic heterocycles. The Labute approximate surface area is 105 Å². The number of carboxylic acid groups (broad SMARTS) is 1. The fraction of sp³-hybridized carbons (Fsp3) is 0.385. The Kier molecular flexibility index (Phi) is 5.17. The van der Waals surface area contributed by atoms with Crippen molar-refractivity contribution < 1.29 is 19.8 Å². The van der Waals surface area contributed by atoms with Crippen molar-refractivity contribution in [3.8, 4) is 5.75 Å². The van der Waals surface area contributed by atoms with Gasteiger partial charge in [-0.25, -0.2) is 0 Å². The highest BCUT2D eigenvalue weighted by Gasteiger charge is 2.06. The van der Waals surface area contributed by atoms with E-state index in [9.17, 15) is 14.7 Å². The van der Waals surface area contributed by atoms with Gasteiger partial charge in [0.15, 0.2) is 0 Å². The van der Waals surface area contributed by atoms with Gasteiger partial charge in [0.2, 0.25) is 5.91 Å². The number of carboxylic acids is 1. The third-order valence-electron chi connectivity index (χ3n) is 2.47. The highest BCUT2D eigenvalue weighted by molar-refractivity contribution is 5.92. The largest absolute Gasteiger partial charge is 0.506 e. The van der Waals surface area contributed by atoms with Gasteiger partial charge in [-0.1, -0.05) is 6.07 Å². The van der Waals surface area contributed by atoms with Crippen LogP contribution in [0.3, 0.4) is 0 Å². The predicted molar refractivity (Wildman–Crippen MR) is 67.6 cm³/mol. The number of phenolic OH excluding ortho intramolecular Hbond substituents is 1. The van der Waals surface area contributed by atoms with Crippen molar-refractivity contribution in [1.82, 2.24) is 0 Å². The minimum Gasteiger partial charge on any atom is -0.506 e. The van der Waals surface area contributed by atoms with Gasteiger partial charge in [-0.05, 0) is 37.5 Å². The van der Waals surface area contributed by atoms with Gasteiger partial charge in [0.1, 0.15) is 5.75 Å². The first-order valence-electron chi connectivity index (χ1n) is 5.80. The van der Waals surface area contributed by atoms with Crippen LogP contribution in [0.4, 0.5) is 5.69 Å². The van der Waals surface area contributed by atoms with E-state index in [1.54, 1.807) is 18.2 Å². The summed E-state index contributed by atoms with van der Waals surface area (Å²) in [5.74, 6) is -1.04. The van der Waals surface area contributed by atoms with Gasteiger partial charge in [0.25, 0.3) is 0 Å². The molecule has 98 valence electrons. The number of rotatable bonds is 6.